The molecule has 0 bridgehead atoms. The Kier molecular flexibility index (Phi) is 7.81. The van der Waals surface area contributed by atoms with Gasteiger partial charge < -0.3 is 5.73 Å². The van der Waals surface area contributed by atoms with E-state index in [4.69, 9.17) is 15.8 Å². The van der Waals surface area contributed by atoms with E-state index in [1.54, 1.807) is 0 Å². The van der Waals surface area contributed by atoms with Gasteiger partial charge in [0, 0.05) is 17.9 Å². The minimum absolute atomic E-state index is 0.489. The normalized spacial score (nSPS) is 17.9. The first-order valence-electron chi connectivity index (χ1n) is 13.3. The molecule has 8 nitrogen and oxygen atoms in total. The van der Waals surface area contributed by atoms with Crippen LogP contribution in [0.4, 0.5) is 0 Å². The van der Waals surface area contributed by atoms with Crippen LogP contribution in [0.1, 0.15) is 75.0 Å². The predicted molar refractivity (Wildman–Crippen MR) is 141 cm³/mol. The summed E-state index contributed by atoms with van der Waals surface area (Å²) in [7, 11) is 0. The summed E-state index contributed by atoms with van der Waals surface area (Å²) in [6.45, 7) is 3.75. The summed E-state index contributed by atoms with van der Waals surface area (Å²) in [5.41, 5.74) is 10.2. The number of benzene rings is 2. The Bertz CT molecular complexity index is 1220. The van der Waals surface area contributed by atoms with Crippen molar-refractivity contribution in [3.63, 3.8) is 0 Å². The molecule has 1 aliphatic carbocycles. The molecule has 1 saturated carbocycles. The second-order valence-corrected chi connectivity index (χ2v) is 9.92. The minimum Gasteiger partial charge on any atom is -0.330 e. The maximum absolute atomic E-state index is 5.81. The largest absolute Gasteiger partial charge is 0.330 e. The maximum Gasteiger partial charge on any atom is 0.205 e. The van der Waals surface area contributed by atoms with Crippen LogP contribution < -0.4 is 5.73 Å². The van der Waals surface area contributed by atoms with Crippen LogP contribution in [0.2, 0.25) is 0 Å². The van der Waals surface area contributed by atoms with Crippen molar-refractivity contribution in [2.75, 3.05) is 6.54 Å². The molecule has 2 aromatic heterocycles. The predicted octanol–water partition coefficient (Wildman–Crippen LogP) is 5.14. The number of nitrogens with one attached hydrogen (secondary N) is 1. The molecule has 0 amide bonds. The van der Waals surface area contributed by atoms with Gasteiger partial charge in [-0.3, -0.25) is 0 Å². The highest BCUT2D eigenvalue weighted by atomic mass is 15.5. The lowest BCUT2D eigenvalue weighted by Gasteiger charge is -2.27. The zero-order chi connectivity index (χ0) is 24.7. The van der Waals surface area contributed by atoms with Gasteiger partial charge >= 0.3 is 0 Å². The molecule has 2 aromatic carbocycles. The third-order valence-electron chi connectivity index (χ3n) is 7.40. The van der Waals surface area contributed by atoms with Crippen molar-refractivity contribution in [2.24, 2.45) is 11.7 Å². The highest BCUT2D eigenvalue weighted by molar-refractivity contribution is 5.80. The summed E-state index contributed by atoms with van der Waals surface area (Å²) in [5.74, 6) is 4.01. The summed E-state index contributed by atoms with van der Waals surface area (Å²) in [4.78, 5) is 5.05. The molecule has 36 heavy (non-hydrogen) atoms. The van der Waals surface area contributed by atoms with Crippen molar-refractivity contribution in [3.8, 4) is 22.5 Å². The Balaban J connectivity index is 1.36. The van der Waals surface area contributed by atoms with Gasteiger partial charge in [0.25, 0.3) is 0 Å². The van der Waals surface area contributed by atoms with Gasteiger partial charge in [0.2, 0.25) is 5.82 Å². The number of hydrogen-bond acceptors (Lipinski definition) is 6. The molecule has 188 valence electrons. The summed E-state index contributed by atoms with van der Waals surface area (Å²) < 4.78 is 2.17. The molecule has 0 atom stereocenters. The van der Waals surface area contributed by atoms with E-state index in [0.29, 0.717) is 11.7 Å². The molecule has 4 aromatic rings. The van der Waals surface area contributed by atoms with Crippen LogP contribution in [0.15, 0.2) is 48.5 Å². The molecule has 0 spiro atoms. The molecular formula is C28H36N8. The summed E-state index contributed by atoms with van der Waals surface area (Å²) >= 11 is 0. The van der Waals surface area contributed by atoms with E-state index >= 15 is 0 Å². The van der Waals surface area contributed by atoms with Crippen LogP contribution in [0.25, 0.3) is 22.5 Å². The van der Waals surface area contributed by atoms with Gasteiger partial charge in [-0.1, -0.05) is 61.9 Å². The molecule has 0 aliphatic heterocycles. The van der Waals surface area contributed by atoms with E-state index in [-0.39, 0.29) is 0 Å². The zero-order valence-electron chi connectivity index (χ0n) is 21.1. The van der Waals surface area contributed by atoms with Gasteiger partial charge in [-0.15, -0.1) is 10.2 Å². The third kappa shape index (κ3) is 5.54. The number of H-pyrrole nitrogens is 1. The fraction of sp³-hybridized carbons (Fsp3) is 0.464. The van der Waals surface area contributed by atoms with Crippen LogP contribution in [-0.4, -0.2) is 41.9 Å². The Morgan fingerprint density at radius 3 is 2.47 bits per heavy atom. The lowest BCUT2D eigenvalue weighted by atomic mass is 9.80. The van der Waals surface area contributed by atoms with Gasteiger partial charge in [0.05, 0.1) is 6.54 Å². The third-order valence-corrected chi connectivity index (χ3v) is 7.40. The number of tetrazole rings is 1. The lowest BCUT2D eigenvalue weighted by molar-refractivity contribution is 0.302. The average Bonchev–Trinajstić information content (AvgIpc) is 3.59. The number of nitrogens with zero attached hydrogens (tertiary/aromatic N) is 6. The summed E-state index contributed by atoms with van der Waals surface area (Å²) in [6.07, 6.45) is 9.22. The Morgan fingerprint density at radius 2 is 1.78 bits per heavy atom. The average molecular weight is 485 g/mol. The number of aromatic nitrogens is 7. The molecule has 1 fully saturated rings. The number of aromatic amines is 1. The van der Waals surface area contributed by atoms with Crippen molar-refractivity contribution in [3.05, 3.63) is 65.7 Å². The van der Waals surface area contributed by atoms with E-state index in [0.717, 1.165) is 67.2 Å². The molecule has 0 unspecified atom stereocenters. The SMILES string of the molecule is CCCCc1nc(C2CCC(CCN)CC2)n(Cc2ccc(-c3ccccc3-c3nn[nH]n3)cc2)n1. The monoisotopic (exact) mass is 484 g/mol. The van der Waals surface area contributed by atoms with Crippen molar-refractivity contribution in [1.82, 2.24) is 35.4 Å². The van der Waals surface area contributed by atoms with Crippen LogP contribution in [0.3, 0.4) is 0 Å². The molecule has 3 N–H and O–H groups in total. The van der Waals surface area contributed by atoms with Crippen LogP contribution in [0, 0.1) is 5.92 Å². The number of unbranched alkanes of at least 4 members (excludes halogenated alkanes) is 1. The first kappa shape index (κ1) is 24.3. The number of nitrogens with two attached hydrogens (primary N) is 1. The van der Waals surface area contributed by atoms with Crippen molar-refractivity contribution in [1.29, 1.82) is 0 Å². The van der Waals surface area contributed by atoms with Gasteiger partial charge in [-0.2, -0.15) is 10.3 Å². The van der Waals surface area contributed by atoms with Gasteiger partial charge in [0.15, 0.2) is 5.82 Å². The Morgan fingerprint density at radius 1 is 1.00 bits per heavy atom. The first-order valence-corrected chi connectivity index (χ1v) is 13.3. The van der Waals surface area contributed by atoms with E-state index in [1.165, 1.54) is 37.1 Å². The number of rotatable bonds is 10. The van der Waals surface area contributed by atoms with Crippen molar-refractivity contribution in [2.45, 2.75) is 70.8 Å². The number of hydrogen-bond donors (Lipinski definition) is 2. The maximum atomic E-state index is 5.81. The molecule has 0 saturated heterocycles. The van der Waals surface area contributed by atoms with Crippen LogP contribution in [0.5, 0.6) is 0 Å². The molecule has 8 heteroatoms. The van der Waals surface area contributed by atoms with Crippen molar-refractivity contribution >= 4 is 0 Å². The minimum atomic E-state index is 0.489. The molecule has 0 radical (unpaired) electrons. The van der Waals surface area contributed by atoms with Gasteiger partial charge in [0.1, 0.15) is 5.82 Å². The topological polar surface area (TPSA) is 111 Å². The van der Waals surface area contributed by atoms with E-state index < -0.39 is 0 Å². The fourth-order valence-electron chi connectivity index (χ4n) is 5.38. The molecule has 5 rings (SSSR count). The summed E-state index contributed by atoms with van der Waals surface area (Å²) in [5, 5.41) is 19.6. The fourth-order valence-corrected chi connectivity index (χ4v) is 5.38. The second kappa shape index (κ2) is 11.6. The van der Waals surface area contributed by atoms with E-state index in [1.807, 2.05) is 18.2 Å². The van der Waals surface area contributed by atoms with Crippen LogP contribution >= 0.6 is 0 Å². The Hall–Kier alpha value is -3.39. The zero-order valence-corrected chi connectivity index (χ0v) is 21.1. The van der Waals surface area contributed by atoms with Crippen molar-refractivity contribution < 1.29 is 0 Å². The highest BCUT2D eigenvalue weighted by Gasteiger charge is 2.26. The lowest BCUT2D eigenvalue weighted by Crippen LogP contribution is -2.19. The van der Waals surface area contributed by atoms with Crippen LogP contribution in [-0.2, 0) is 13.0 Å². The molecular weight excluding hydrogens is 448 g/mol. The van der Waals surface area contributed by atoms with E-state index in [9.17, 15) is 0 Å². The molecule has 2 heterocycles. The van der Waals surface area contributed by atoms with Gasteiger partial charge in [-0.25, -0.2) is 9.67 Å². The Labute approximate surface area is 212 Å². The van der Waals surface area contributed by atoms with E-state index in [2.05, 4.69) is 62.6 Å². The number of aryl methyl sites for hydroxylation is 1. The standard InChI is InChI=1S/C28H36N8/c1-2-3-8-26-30-28(23-15-9-20(10-16-23)17-18-29)36(33-26)19-21-11-13-22(14-12-21)24-6-4-5-7-25(24)27-31-34-35-32-27/h4-7,11-14,20,23H,2-3,8-10,15-19,29H2,1H3,(H,31,32,34,35). The highest BCUT2D eigenvalue weighted by Crippen LogP contribution is 2.36. The quantitative estimate of drug-likeness (QED) is 0.322. The van der Waals surface area contributed by atoms with Gasteiger partial charge in [-0.05, 0) is 72.9 Å². The smallest absolute Gasteiger partial charge is 0.205 e. The first-order chi connectivity index (χ1) is 17.7. The summed E-state index contributed by atoms with van der Waals surface area (Å²) in [6, 6.07) is 16.9. The molecule has 1 aliphatic rings. The second-order valence-electron chi connectivity index (χ2n) is 9.92.